The van der Waals surface area contributed by atoms with Gasteiger partial charge in [0.15, 0.2) is 0 Å². The molecule has 0 radical (unpaired) electrons. The number of carbonyl (C=O) groups is 1. The minimum Gasteiger partial charge on any atom is -0.489 e. The van der Waals surface area contributed by atoms with Crippen LogP contribution in [0.5, 0.6) is 5.75 Å². The summed E-state index contributed by atoms with van der Waals surface area (Å²) in [6.07, 6.45) is 1.19. The van der Waals surface area contributed by atoms with Gasteiger partial charge in [0.1, 0.15) is 18.5 Å². The van der Waals surface area contributed by atoms with Crippen LogP contribution in [0.2, 0.25) is 0 Å². The van der Waals surface area contributed by atoms with Gasteiger partial charge in [0.05, 0.1) is 0 Å². The molecule has 1 aliphatic heterocycles. The van der Waals surface area contributed by atoms with Gasteiger partial charge in [-0.1, -0.05) is 42.5 Å². The van der Waals surface area contributed by atoms with Crippen LogP contribution in [0.3, 0.4) is 0 Å². The molecule has 102 valence electrons. The lowest BCUT2D eigenvalue weighted by atomic mass is 10.1. The largest absolute Gasteiger partial charge is 0.489 e. The molecule has 3 heteroatoms. The van der Waals surface area contributed by atoms with Crippen LogP contribution in [0.15, 0.2) is 54.6 Å². The van der Waals surface area contributed by atoms with Crippen molar-refractivity contribution >= 4 is 5.97 Å². The van der Waals surface area contributed by atoms with E-state index in [1.54, 1.807) is 0 Å². The minimum atomic E-state index is -0.112. The molecule has 1 saturated heterocycles. The number of carbonyl (C=O) groups excluding carboxylic acids is 1. The van der Waals surface area contributed by atoms with E-state index in [4.69, 9.17) is 9.47 Å². The summed E-state index contributed by atoms with van der Waals surface area (Å²) in [5.41, 5.74) is 2.17. The van der Waals surface area contributed by atoms with E-state index in [1.165, 1.54) is 0 Å². The molecule has 3 nitrogen and oxygen atoms in total. The van der Waals surface area contributed by atoms with Gasteiger partial charge in [0, 0.05) is 6.42 Å². The van der Waals surface area contributed by atoms with E-state index in [0.29, 0.717) is 13.0 Å². The minimum absolute atomic E-state index is 0.0920. The van der Waals surface area contributed by atoms with E-state index in [0.717, 1.165) is 23.3 Å². The zero-order chi connectivity index (χ0) is 13.8. The summed E-state index contributed by atoms with van der Waals surface area (Å²) in [4.78, 5) is 11.1. The smallest absolute Gasteiger partial charge is 0.306 e. The van der Waals surface area contributed by atoms with Crippen molar-refractivity contribution in [2.45, 2.75) is 25.6 Å². The van der Waals surface area contributed by atoms with Crippen molar-refractivity contribution in [3.05, 3.63) is 65.7 Å². The van der Waals surface area contributed by atoms with Crippen LogP contribution in [0.25, 0.3) is 0 Å². The zero-order valence-corrected chi connectivity index (χ0v) is 11.1. The Balaban J connectivity index is 1.60. The topological polar surface area (TPSA) is 35.5 Å². The van der Waals surface area contributed by atoms with Crippen LogP contribution in [-0.2, 0) is 16.1 Å². The monoisotopic (exact) mass is 268 g/mol. The molecule has 20 heavy (non-hydrogen) atoms. The highest BCUT2D eigenvalue weighted by Gasteiger charge is 2.24. The Kier molecular flexibility index (Phi) is 3.68. The molecule has 0 amide bonds. The Morgan fingerprint density at radius 3 is 2.45 bits per heavy atom. The second-order valence-electron chi connectivity index (χ2n) is 4.86. The molecule has 1 heterocycles. The van der Waals surface area contributed by atoms with Gasteiger partial charge in [-0.2, -0.15) is 0 Å². The normalized spacial score (nSPS) is 17.8. The third-order valence-electron chi connectivity index (χ3n) is 3.38. The molecule has 2 aromatic carbocycles. The molecule has 1 aliphatic rings. The van der Waals surface area contributed by atoms with Crippen molar-refractivity contribution in [1.29, 1.82) is 0 Å². The van der Waals surface area contributed by atoms with E-state index in [9.17, 15) is 4.79 Å². The van der Waals surface area contributed by atoms with E-state index < -0.39 is 0 Å². The lowest BCUT2D eigenvalue weighted by molar-refractivity contribution is -0.141. The Hall–Kier alpha value is -2.29. The van der Waals surface area contributed by atoms with Crippen LogP contribution in [0.1, 0.15) is 30.1 Å². The van der Waals surface area contributed by atoms with Crippen molar-refractivity contribution in [1.82, 2.24) is 0 Å². The van der Waals surface area contributed by atoms with Gasteiger partial charge >= 0.3 is 5.97 Å². The predicted molar refractivity (Wildman–Crippen MR) is 75.3 cm³/mol. The number of rotatable bonds is 4. The van der Waals surface area contributed by atoms with Crippen LogP contribution >= 0.6 is 0 Å². The highest BCUT2D eigenvalue weighted by atomic mass is 16.5. The second kappa shape index (κ2) is 5.78. The maximum Gasteiger partial charge on any atom is 0.306 e. The molecule has 0 aromatic heterocycles. The first kappa shape index (κ1) is 12.7. The third-order valence-corrected chi connectivity index (χ3v) is 3.38. The fourth-order valence-electron chi connectivity index (χ4n) is 2.28. The first-order valence-electron chi connectivity index (χ1n) is 6.77. The average Bonchev–Trinajstić information content (AvgIpc) is 2.93. The fourth-order valence-corrected chi connectivity index (χ4v) is 2.28. The number of ether oxygens (including phenoxy) is 2. The summed E-state index contributed by atoms with van der Waals surface area (Å²) in [5, 5.41) is 0. The summed E-state index contributed by atoms with van der Waals surface area (Å²) < 4.78 is 11.0. The molecule has 1 fully saturated rings. The van der Waals surface area contributed by atoms with Crippen molar-refractivity contribution in [2.75, 3.05) is 0 Å². The van der Waals surface area contributed by atoms with E-state index in [2.05, 4.69) is 0 Å². The Bertz CT molecular complexity index is 575. The number of cyclic esters (lactones) is 1. The Labute approximate surface area is 118 Å². The fraction of sp³-hybridized carbons (Fsp3) is 0.235. The summed E-state index contributed by atoms with van der Waals surface area (Å²) >= 11 is 0. The van der Waals surface area contributed by atoms with Gasteiger partial charge in [-0.3, -0.25) is 4.79 Å². The SMILES string of the molecule is O=C1CCC(c2ccc(OCc3ccccc3)cc2)O1. The van der Waals surface area contributed by atoms with Crippen LogP contribution in [0, 0.1) is 0 Å². The first-order valence-corrected chi connectivity index (χ1v) is 6.77. The second-order valence-corrected chi connectivity index (χ2v) is 4.86. The number of benzene rings is 2. The van der Waals surface area contributed by atoms with Gasteiger partial charge < -0.3 is 9.47 Å². The predicted octanol–water partition coefficient (Wildman–Crippen LogP) is 3.64. The molecule has 0 bridgehead atoms. The van der Waals surface area contributed by atoms with Crippen molar-refractivity contribution in [3.63, 3.8) is 0 Å². The molecular formula is C17H16O3. The maximum atomic E-state index is 11.1. The van der Waals surface area contributed by atoms with E-state index >= 15 is 0 Å². The standard InChI is InChI=1S/C17H16O3/c18-17-11-10-16(20-17)14-6-8-15(9-7-14)19-12-13-4-2-1-3-5-13/h1-9,16H,10-12H2. The summed E-state index contributed by atoms with van der Waals surface area (Å²) in [5.74, 6) is 0.710. The molecule has 0 saturated carbocycles. The first-order chi connectivity index (χ1) is 9.81. The third kappa shape index (κ3) is 2.99. The highest BCUT2D eigenvalue weighted by molar-refractivity contribution is 5.71. The van der Waals surface area contributed by atoms with E-state index in [1.807, 2.05) is 54.6 Å². The van der Waals surface area contributed by atoms with Gasteiger partial charge in [-0.25, -0.2) is 0 Å². The summed E-state index contributed by atoms with van der Waals surface area (Å²) in [7, 11) is 0. The lowest BCUT2D eigenvalue weighted by Crippen LogP contribution is -1.99. The highest BCUT2D eigenvalue weighted by Crippen LogP contribution is 2.30. The van der Waals surface area contributed by atoms with Gasteiger partial charge in [0.2, 0.25) is 0 Å². The van der Waals surface area contributed by atoms with Gasteiger partial charge in [-0.05, 0) is 29.7 Å². The van der Waals surface area contributed by atoms with Crippen LogP contribution < -0.4 is 4.74 Å². The molecule has 0 N–H and O–H groups in total. The molecule has 3 rings (SSSR count). The van der Waals surface area contributed by atoms with Crippen molar-refractivity contribution in [2.24, 2.45) is 0 Å². The maximum absolute atomic E-state index is 11.1. The summed E-state index contributed by atoms with van der Waals surface area (Å²) in [6, 6.07) is 17.8. The Morgan fingerprint density at radius 2 is 1.80 bits per heavy atom. The molecule has 0 spiro atoms. The lowest BCUT2D eigenvalue weighted by Gasteiger charge is -2.11. The number of hydrogen-bond donors (Lipinski definition) is 0. The average molecular weight is 268 g/mol. The number of esters is 1. The van der Waals surface area contributed by atoms with Gasteiger partial charge in [0.25, 0.3) is 0 Å². The molecule has 1 unspecified atom stereocenters. The molecule has 1 atom stereocenters. The van der Waals surface area contributed by atoms with Crippen molar-refractivity contribution in [3.8, 4) is 5.75 Å². The Morgan fingerprint density at radius 1 is 1.05 bits per heavy atom. The molecule has 2 aromatic rings. The number of hydrogen-bond acceptors (Lipinski definition) is 3. The zero-order valence-electron chi connectivity index (χ0n) is 11.1. The quantitative estimate of drug-likeness (QED) is 0.794. The molecular weight excluding hydrogens is 252 g/mol. The van der Waals surface area contributed by atoms with Gasteiger partial charge in [-0.15, -0.1) is 0 Å². The van der Waals surface area contributed by atoms with Crippen LogP contribution in [-0.4, -0.2) is 5.97 Å². The van der Waals surface area contributed by atoms with E-state index in [-0.39, 0.29) is 12.1 Å². The van der Waals surface area contributed by atoms with Crippen molar-refractivity contribution < 1.29 is 14.3 Å². The van der Waals surface area contributed by atoms with Crippen LogP contribution in [0.4, 0.5) is 0 Å². The molecule has 0 aliphatic carbocycles. The summed E-state index contributed by atoms with van der Waals surface area (Å²) in [6.45, 7) is 0.554.